The molecule has 0 aliphatic carbocycles. The third kappa shape index (κ3) is 3.13. The van der Waals surface area contributed by atoms with Crippen LogP contribution >= 0.6 is 0 Å². The fourth-order valence-electron chi connectivity index (χ4n) is 2.63. The van der Waals surface area contributed by atoms with E-state index in [0.717, 1.165) is 11.3 Å². The molecular formula is C18H19N3O4. The van der Waals surface area contributed by atoms with Crippen LogP contribution in [-0.2, 0) is 11.2 Å². The van der Waals surface area contributed by atoms with Crippen LogP contribution in [0.15, 0.2) is 30.5 Å². The van der Waals surface area contributed by atoms with Crippen molar-refractivity contribution in [2.45, 2.75) is 20.3 Å². The molecule has 3 rings (SSSR count). The van der Waals surface area contributed by atoms with E-state index in [-0.39, 0.29) is 23.7 Å². The van der Waals surface area contributed by atoms with Crippen LogP contribution in [-0.4, -0.2) is 39.4 Å². The number of esters is 1. The van der Waals surface area contributed by atoms with Gasteiger partial charge in [0.1, 0.15) is 11.3 Å². The molecule has 0 saturated heterocycles. The molecule has 0 atom stereocenters. The lowest BCUT2D eigenvalue weighted by Crippen LogP contribution is -2.07. The molecule has 0 bridgehead atoms. The Hall–Kier alpha value is -3.09. The monoisotopic (exact) mass is 341 g/mol. The number of rotatable bonds is 5. The number of nitrogens with zero attached hydrogens (tertiary/aromatic N) is 3. The molecule has 1 N–H and O–H groups in total. The molecule has 2 heterocycles. The first kappa shape index (κ1) is 16.8. The van der Waals surface area contributed by atoms with Crippen molar-refractivity contribution in [1.82, 2.24) is 14.6 Å². The third-order valence-corrected chi connectivity index (χ3v) is 3.96. The maximum absolute atomic E-state index is 12.0. The zero-order chi connectivity index (χ0) is 18.0. The highest BCUT2D eigenvalue weighted by Crippen LogP contribution is 2.26. The predicted octanol–water partition coefficient (Wildman–Crippen LogP) is 2.52. The normalized spacial score (nSPS) is 10.8. The SMILES string of the molecule is CCOC(=O)c1cnn2c(O)c(Cc3ccc(OC)cc3)c(C)nc12. The second-order valence-corrected chi connectivity index (χ2v) is 5.54. The number of benzene rings is 1. The Morgan fingerprint density at radius 2 is 2.00 bits per heavy atom. The second-order valence-electron chi connectivity index (χ2n) is 5.54. The fraction of sp³-hybridized carbons (Fsp3) is 0.278. The number of fused-ring (bicyclic) bond motifs is 1. The highest BCUT2D eigenvalue weighted by Gasteiger charge is 2.20. The second kappa shape index (κ2) is 6.80. The van der Waals surface area contributed by atoms with Gasteiger partial charge in [0.05, 0.1) is 19.9 Å². The molecule has 0 aliphatic heterocycles. The van der Waals surface area contributed by atoms with Gasteiger partial charge in [-0.3, -0.25) is 0 Å². The minimum absolute atomic E-state index is 0.0335. The Morgan fingerprint density at radius 3 is 2.64 bits per heavy atom. The lowest BCUT2D eigenvalue weighted by Gasteiger charge is -2.10. The average Bonchev–Trinajstić information content (AvgIpc) is 3.03. The molecule has 0 amide bonds. The van der Waals surface area contributed by atoms with E-state index in [9.17, 15) is 9.90 Å². The molecule has 0 aliphatic rings. The molecule has 0 spiro atoms. The molecule has 3 aromatic rings. The Balaban J connectivity index is 2.00. The number of aryl methyl sites for hydroxylation is 1. The lowest BCUT2D eigenvalue weighted by atomic mass is 10.0. The number of carbonyl (C=O) groups excluding carboxylic acids is 1. The third-order valence-electron chi connectivity index (χ3n) is 3.96. The van der Waals surface area contributed by atoms with E-state index >= 15 is 0 Å². The summed E-state index contributed by atoms with van der Waals surface area (Å²) in [4.78, 5) is 16.4. The molecule has 1 aromatic carbocycles. The first-order valence-corrected chi connectivity index (χ1v) is 7.91. The van der Waals surface area contributed by atoms with Gasteiger partial charge in [0.15, 0.2) is 5.65 Å². The summed E-state index contributed by atoms with van der Waals surface area (Å²) in [5.41, 5.74) is 2.80. The highest BCUT2D eigenvalue weighted by atomic mass is 16.5. The van der Waals surface area contributed by atoms with Gasteiger partial charge >= 0.3 is 5.97 Å². The molecule has 2 aromatic heterocycles. The number of aromatic hydroxyl groups is 1. The minimum Gasteiger partial charge on any atom is -0.497 e. The fourth-order valence-corrected chi connectivity index (χ4v) is 2.63. The summed E-state index contributed by atoms with van der Waals surface area (Å²) in [6, 6.07) is 7.57. The molecule has 25 heavy (non-hydrogen) atoms. The lowest BCUT2D eigenvalue weighted by molar-refractivity contribution is 0.0528. The van der Waals surface area contributed by atoms with E-state index in [2.05, 4.69) is 10.1 Å². The van der Waals surface area contributed by atoms with Gasteiger partial charge in [-0.05, 0) is 31.5 Å². The number of ether oxygens (including phenoxy) is 2. The molecule has 130 valence electrons. The van der Waals surface area contributed by atoms with Crippen molar-refractivity contribution in [1.29, 1.82) is 0 Å². The molecule has 0 radical (unpaired) electrons. The molecule has 0 fully saturated rings. The van der Waals surface area contributed by atoms with E-state index in [0.29, 0.717) is 17.7 Å². The van der Waals surface area contributed by atoms with Crippen molar-refractivity contribution in [3.63, 3.8) is 0 Å². The summed E-state index contributed by atoms with van der Waals surface area (Å²) in [6.07, 6.45) is 1.84. The predicted molar refractivity (Wildman–Crippen MR) is 91.1 cm³/mol. The topological polar surface area (TPSA) is 86.0 Å². The average molecular weight is 341 g/mol. The Labute approximate surface area is 144 Å². The van der Waals surface area contributed by atoms with Crippen molar-refractivity contribution in [3.8, 4) is 11.6 Å². The number of hydrogen-bond donors (Lipinski definition) is 1. The van der Waals surface area contributed by atoms with Crippen LogP contribution in [0, 0.1) is 6.92 Å². The smallest absolute Gasteiger partial charge is 0.343 e. The summed E-state index contributed by atoms with van der Waals surface area (Å²) >= 11 is 0. The van der Waals surface area contributed by atoms with Gasteiger partial charge in [-0.25, -0.2) is 9.78 Å². The zero-order valence-electron chi connectivity index (χ0n) is 14.3. The van der Waals surface area contributed by atoms with Crippen LogP contribution < -0.4 is 4.74 Å². The van der Waals surface area contributed by atoms with Gasteiger partial charge < -0.3 is 14.6 Å². The van der Waals surface area contributed by atoms with Crippen molar-refractivity contribution in [2.75, 3.05) is 13.7 Å². The Bertz CT molecular complexity index is 916. The van der Waals surface area contributed by atoms with E-state index in [1.54, 1.807) is 21.0 Å². The summed E-state index contributed by atoms with van der Waals surface area (Å²) in [5, 5.41) is 14.7. The quantitative estimate of drug-likeness (QED) is 0.718. The molecule has 7 nitrogen and oxygen atoms in total. The van der Waals surface area contributed by atoms with Gasteiger partial charge in [-0.15, -0.1) is 0 Å². The maximum Gasteiger partial charge on any atom is 0.343 e. The van der Waals surface area contributed by atoms with E-state index in [1.165, 1.54) is 10.7 Å². The molecule has 0 unspecified atom stereocenters. The highest BCUT2D eigenvalue weighted by molar-refractivity contribution is 5.95. The zero-order valence-corrected chi connectivity index (χ0v) is 14.3. The van der Waals surface area contributed by atoms with Gasteiger partial charge in [-0.2, -0.15) is 9.61 Å². The van der Waals surface area contributed by atoms with Crippen LogP contribution in [0.4, 0.5) is 0 Å². The summed E-state index contributed by atoms with van der Waals surface area (Å²) < 4.78 is 11.4. The standard InChI is InChI=1S/C18H19N3O4/c1-4-25-18(23)15-10-19-21-16(15)20-11(2)14(17(21)22)9-12-5-7-13(24-3)8-6-12/h5-8,10,22H,4,9H2,1-3H3. The Morgan fingerprint density at radius 1 is 1.28 bits per heavy atom. The van der Waals surface area contributed by atoms with Crippen LogP contribution in [0.2, 0.25) is 0 Å². The van der Waals surface area contributed by atoms with Crippen molar-refractivity contribution in [2.24, 2.45) is 0 Å². The Kier molecular flexibility index (Phi) is 4.56. The summed E-state index contributed by atoms with van der Waals surface area (Å²) in [7, 11) is 1.61. The van der Waals surface area contributed by atoms with Gasteiger partial charge in [0.2, 0.25) is 5.88 Å². The van der Waals surface area contributed by atoms with Crippen LogP contribution in [0.5, 0.6) is 11.6 Å². The van der Waals surface area contributed by atoms with Gasteiger partial charge in [-0.1, -0.05) is 12.1 Å². The van der Waals surface area contributed by atoms with Crippen LogP contribution in [0.25, 0.3) is 5.65 Å². The van der Waals surface area contributed by atoms with E-state index in [4.69, 9.17) is 9.47 Å². The maximum atomic E-state index is 12.0. The van der Waals surface area contributed by atoms with Crippen molar-refractivity contribution < 1.29 is 19.4 Å². The minimum atomic E-state index is -0.508. The van der Waals surface area contributed by atoms with Crippen LogP contribution in [0.1, 0.15) is 34.1 Å². The molecular weight excluding hydrogens is 322 g/mol. The largest absolute Gasteiger partial charge is 0.497 e. The van der Waals surface area contributed by atoms with Crippen molar-refractivity contribution >= 4 is 11.6 Å². The van der Waals surface area contributed by atoms with Gasteiger partial charge in [0, 0.05) is 17.7 Å². The number of carbonyl (C=O) groups is 1. The van der Waals surface area contributed by atoms with E-state index in [1.807, 2.05) is 24.3 Å². The number of aromatic nitrogens is 3. The number of methoxy groups -OCH3 is 1. The first-order chi connectivity index (χ1) is 12.0. The summed E-state index contributed by atoms with van der Waals surface area (Å²) in [6.45, 7) is 3.78. The first-order valence-electron chi connectivity index (χ1n) is 7.91. The van der Waals surface area contributed by atoms with Crippen molar-refractivity contribution in [3.05, 3.63) is 52.8 Å². The number of hydrogen-bond acceptors (Lipinski definition) is 6. The van der Waals surface area contributed by atoms with E-state index < -0.39 is 5.97 Å². The molecule has 7 heteroatoms. The molecule has 0 saturated carbocycles. The summed E-state index contributed by atoms with van der Waals surface area (Å²) in [5.74, 6) is 0.227. The van der Waals surface area contributed by atoms with Gasteiger partial charge in [0.25, 0.3) is 0 Å². The van der Waals surface area contributed by atoms with Crippen LogP contribution in [0.3, 0.4) is 0 Å².